The van der Waals surface area contributed by atoms with Gasteiger partial charge in [-0.05, 0) is 12.8 Å². The summed E-state index contributed by atoms with van der Waals surface area (Å²) in [6.07, 6.45) is 1.09. The Balaban J connectivity index is 2.15. The number of rotatable bonds is 1. The molecule has 0 aliphatic carbocycles. The SMILES string of the molecule is COC(=O)C1C(=O)O[C@@H]2OCCC[C@H]12. The Labute approximate surface area is 81.3 Å². The average molecular weight is 200 g/mol. The number of carbonyl (C=O) groups is 2. The quantitative estimate of drug-likeness (QED) is 0.443. The van der Waals surface area contributed by atoms with E-state index in [2.05, 4.69) is 4.74 Å². The molecular weight excluding hydrogens is 188 g/mol. The lowest BCUT2D eigenvalue weighted by molar-refractivity contribution is -0.174. The van der Waals surface area contributed by atoms with E-state index in [4.69, 9.17) is 9.47 Å². The molecule has 2 saturated heterocycles. The van der Waals surface area contributed by atoms with Crippen molar-refractivity contribution in [2.24, 2.45) is 11.8 Å². The predicted molar refractivity (Wildman–Crippen MR) is 44.1 cm³/mol. The Morgan fingerprint density at radius 3 is 3.07 bits per heavy atom. The van der Waals surface area contributed by atoms with Crippen LogP contribution in [0.1, 0.15) is 12.8 Å². The molecule has 0 spiro atoms. The van der Waals surface area contributed by atoms with Crippen LogP contribution in [0.3, 0.4) is 0 Å². The Morgan fingerprint density at radius 1 is 1.57 bits per heavy atom. The van der Waals surface area contributed by atoms with Gasteiger partial charge in [0.15, 0.2) is 5.92 Å². The fourth-order valence-electron chi connectivity index (χ4n) is 1.98. The molecule has 14 heavy (non-hydrogen) atoms. The zero-order valence-electron chi connectivity index (χ0n) is 7.89. The number of hydrogen-bond donors (Lipinski definition) is 0. The van der Waals surface area contributed by atoms with Crippen molar-refractivity contribution in [3.05, 3.63) is 0 Å². The molecule has 2 aliphatic rings. The molecule has 0 saturated carbocycles. The minimum absolute atomic E-state index is 0.163. The molecule has 2 fully saturated rings. The van der Waals surface area contributed by atoms with Crippen molar-refractivity contribution in [2.45, 2.75) is 19.1 Å². The van der Waals surface area contributed by atoms with E-state index in [-0.39, 0.29) is 5.92 Å². The van der Waals surface area contributed by atoms with E-state index < -0.39 is 24.1 Å². The van der Waals surface area contributed by atoms with Gasteiger partial charge >= 0.3 is 11.9 Å². The number of methoxy groups -OCH3 is 1. The van der Waals surface area contributed by atoms with Crippen LogP contribution in [0.2, 0.25) is 0 Å². The Bertz CT molecular complexity index is 262. The highest BCUT2D eigenvalue weighted by molar-refractivity contribution is 5.96. The molecule has 0 radical (unpaired) electrons. The number of carbonyl (C=O) groups excluding carboxylic acids is 2. The van der Waals surface area contributed by atoms with Crippen molar-refractivity contribution in [3.8, 4) is 0 Å². The Kier molecular flexibility index (Phi) is 2.41. The smallest absolute Gasteiger partial charge is 0.323 e. The topological polar surface area (TPSA) is 61.8 Å². The fraction of sp³-hybridized carbons (Fsp3) is 0.778. The van der Waals surface area contributed by atoms with Crippen LogP contribution in [0.15, 0.2) is 0 Å². The van der Waals surface area contributed by atoms with Crippen molar-refractivity contribution >= 4 is 11.9 Å². The van der Waals surface area contributed by atoms with Crippen LogP contribution in [0.5, 0.6) is 0 Å². The highest BCUT2D eigenvalue weighted by Crippen LogP contribution is 2.36. The zero-order chi connectivity index (χ0) is 10.1. The second-order valence-electron chi connectivity index (χ2n) is 3.48. The van der Waals surface area contributed by atoms with E-state index >= 15 is 0 Å². The highest BCUT2D eigenvalue weighted by atomic mass is 16.7. The molecule has 0 aromatic heterocycles. The third kappa shape index (κ3) is 1.37. The Hall–Kier alpha value is -1.10. The lowest BCUT2D eigenvalue weighted by atomic mass is 9.89. The van der Waals surface area contributed by atoms with Gasteiger partial charge in [0.2, 0.25) is 6.29 Å². The van der Waals surface area contributed by atoms with Gasteiger partial charge in [0.1, 0.15) is 0 Å². The van der Waals surface area contributed by atoms with Gasteiger partial charge in [-0.3, -0.25) is 9.59 Å². The van der Waals surface area contributed by atoms with Gasteiger partial charge in [-0.2, -0.15) is 0 Å². The molecule has 5 heteroatoms. The molecule has 0 aromatic carbocycles. The standard InChI is InChI=1S/C9H12O5/c1-12-7(10)6-5-3-2-4-13-9(5)14-8(6)11/h5-6,9H,2-4H2,1H3/t5-,6?,9+/m1/s1. The van der Waals surface area contributed by atoms with E-state index in [0.29, 0.717) is 6.61 Å². The van der Waals surface area contributed by atoms with Crippen molar-refractivity contribution in [1.29, 1.82) is 0 Å². The van der Waals surface area contributed by atoms with E-state index in [0.717, 1.165) is 12.8 Å². The van der Waals surface area contributed by atoms with Gasteiger partial charge in [-0.1, -0.05) is 0 Å². The van der Waals surface area contributed by atoms with Crippen LogP contribution in [0.4, 0.5) is 0 Å². The van der Waals surface area contributed by atoms with Crippen molar-refractivity contribution in [2.75, 3.05) is 13.7 Å². The maximum Gasteiger partial charge on any atom is 0.323 e. The lowest BCUT2D eigenvalue weighted by Crippen LogP contribution is -2.32. The van der Waals surface area contributed by atoms with Gasteiger partial charge in [-0.15, -0.1) is 0 Å². The largest absolute Gasteiger partial charge is 0.468 e. The molecule has 2 heterocycles. The summed E-state index contributed by atoms with van der Waals surface area (Å²) >= 11 is 0. The first-order valence-corrected chi connectivity index (χ1v) is 4.64. The summed E-state index contributed by atoms with van der Waals surface area (Å²) < 4.78 is 14.7. The summed E-state index contributed by atoms with van der Waals surface area (Å²) in [5.41, 5.74) is 0. The maximum atomic E-state index is 11.3. The lowest BCUT2D eigenvalue weighted by Gasteiger charge is -2.24. The normalized spacial score (nSPS) is 36.1. The summed E-state index contributed by atoms with van der Waals surface area (Å²) in [7, 11) is 1.27. The molecule has 0 N–H and O–H groups in total. The molecular formula is C9H12O5. The first-order valence-electron chi connectivity index (χ1n) is 4.64. The number of hydrogen-bond acceptors (Lipinski definition) is 5. The molecule has 3 atom stereocenters. The second kappa shape index (κ2) is 3.57. The number of fused-ring (bicyclic) bond motifs is 1. The van der Waals surface area contributed by atoms with Gasteiger partial charge in [0.25, 0.3) is 0 Å². The minimum atomic E-state index is -0.787. The van der Waals surface area contributed by atoms with Crippen LogP contribution in [0.25, 0.3) is 0 Å². The summed E-state index contributed by atoms with van der Waals surface area (Å²) in [6.45, 7) is 0.586. The number of ether oxygens (including phenoxy) is 3. The van der Waals surface area contributed by atoms with Gasteiger partial charge in [-0.25, -0.2) is 0 Å². The predicted octanol–water partition coefficient (Wildman–Crippen LogP) is 0.0851. The van der Waals surface area contributed by atoms with Gasteiger partial charge in [0, 0.05) is 5.92 Å². The number of esters is 2. The summed E-state index contributed by atoms with van der Waals surface area (Å²) in [6, 6.07) is 0. The van der Waals surface area contributed by atoms with Crippen molar-refractivity contribution in [1.82, 2.24) is 0 Å². The Morgan fingerprint density at radius 2 is 2.36 bits per heavy atom. The second-order valence-corrected chi connectivity index (χ2v) is 3.48. The molecule has 0 aromatic rings. The van der Waals surface area contributed by atoms with Crippen LogP contribution in [-0.4, -0.2) is 31.9 Å². The fourth-order valence-corrected chi connectivity index (χ4v) is 1.98. The van der Waals surface area contributed by atoms with E-state index in [1.165, 1.54) is 7.11 Å². The average Bonchev–Trinajstić information content (AvgIpc) is 2.53. The van der Waals surface area contributed by atoms with Gasteiger partial charge < -0.3 is 14.2 Å². The molecule has 5 nitrogen and oxygen atoms in total. The summed E-state index contributed by atoms with van der Waals surface area (Å²) in [5.74, 6) is -1.99. The van der Waals surface area contributed by atoms with E-state index in [1.54, 1.807) is 0 Å². The monoisotopic (exact) mass is 200 g/mol. The molecule has 0 bridgehead atoms. The van der Waals surface area contributed by atoms with E-state index in [9.17, 15) is 9.59 Å². The van der Waals surface area contributed by atoms with Crippen molar-refractivity contribution < 1.29 is 23.8 Å². The van der Waals surface area contributed by atoms with Crippen LogP contribution >= 0.6 is 0 Å². The molecule has 1 unspecified atom stereocenters. The van der Waals surface area contributed by atoms with Gasteiger partial charge in [0.05, 0.1) is 13.7 Å². The summed E-state index contributed by atoms with van der Waals surface area (Å²) in [4.78, 5) is 22.6. The third-order valence-corrected chi connectivity index (χ3v) is 2.68. The highest BCUT2D eigenvalue weighted by Gasteiger charge is 2.51. The molecule has 2 rings (SSSR count). The molecule has 78 valence electrons. The van der Waals surface area contributed by atoms with Crippen molar-refractivity contribution in [3.63, 3.8) is 0 Å². The maximum absolute atomic E-state index is 11.3. The van der Waals surface area contributed by atoms with E-state index in [1.807, 2.05) is 0 Å². The first kappa shape index (κ1) is 9.45. The third-order valence-electron chi connectivity index (χ3n) is 2.68. The van der Waals surface area contributed by atoms with Crippen LogP contribution < -0.4 is 0 Å². The van der Waals surface area contributed by atoms with Crippen LogP contribution in [-0.2, 0) is 23.8 Å². The minimum Gasteiger partial charge on any atom is -0.468 e. The first-order chi connectivity index (χ1) is 6.74. The summed E-state index contributed by atoms with van der Waals surface area (Å²) in [5, 5.41) is 0. The molecule has 0 amide bonds. The molecule has 2 aliphatic heterocycles. The zero-order valence-corrected chi connectivity index (χ0v) is 7.89. The van der Waals surface area contributed by atoms with Crippen LogP contribution in [0, 0.1) is 11.8 Å².